The highest BCUT2D eigenvalue weighted by Crippen LogP contribution is 2.00. The predicted molar refractivity (Wildman–Crippen MR) is 63.7 cm³/mol. The van der Waals surface area contributed by atoms with Crippen LogP contribution < -0.4 is 0 Å². The second-order valence-corrected chi connectivity index (χ2v) is 3.42. The summed E-state index contributed by atoms with van der Waals surface area (Å²) in [5, 5.41) is 0. The number of carbonyl (C=O) groups is 1. The summed E-state index contributed by atoms with van der Waals surface area (Å²) in [7, 11) is 0. The molecule has 0 spiro atoms. The first kappa shape index (κ1) is 13.9. The average molecular weight is 210 g/mol. The second-order valence-electron chi connectivity index (χ2n) is 3.42. The normalized spacial score (nSPS) is 11.3. The highest BCUT2D eigenvalue weighted by Gasteiger charge is 2.00. The molecular formula is C13H22O2. The van der Waals surface area contributed by atoms with Gasteiger partial charge in [0.1, 0.15) is 0 Å². The van der Waals surface area contributed by atoms with Gasteiger partial charge < -0.3 is 4.74 Å². The molecule has 0 aliphatic carbocycles. The van der Waals surface area contributed by atoms with E-state index in [2.05, 4.69) is 6.92 Å². The summed E-state index contributed by atoms with van der Waals surface area (Å²) in [4.78, 5) is 11.1. The van der Waals surface area contributed by atoms with Gasteiger partial charge in [0.05, 0.1) is 6.61 Å². The largest absolute Gasteiger partial charge is 0.465 e. The van der Waals surface area contributed by atoms with Gasteiger partial charge in [0.15, 0.2) is 0 Å². The number of ether oxygens (including phenoxy) is 1. The first-order valence-corrected chi connectivity index (χ1v) is 5.74. The monoisotopic (exact) mass is 210 g/mol. The summed E-state index contributed by atoms with van der Waals surface area (Å²) >= 11 is 0. The zero-order chi connectivity index (χ0) is 11.4. The lowest BCUT2D eigenvalue weighted by molar-refractivity contribution is -0.143. The van der Waals surface area contributed by atoms with Crippen LogP contribution in [0.4, 0.5) is 0 Å². The van der Waals surface area contributed by atoms with Crippen LogP contribution in [0.25, 0.3) is 0 Å². The molecule has 0 rings (SSSR count). The Morgan fingerprint density at radius 2 is 2.07 bits per heavy atom. The van der Waals surface area contributed by atoms with Gasteiger partial charge in [-0.05, 0) is 19.8 Å². The van der Waals surface area contributed by atoms with E-state index in [1.165, 1.54) is 0 Å². The molecule has 0 aliphatic heterocycles. The van der Waals surface area contributed by atoms with E-state index in [0.29, 0.717) is 13.0 Å². The van der Waals surface area contributed by atoms with Crippen molar-refractivity contribution in [2.75, 3.05) is 6.61 Å². The van der Waals surface area contributed by atoms with Crippen LogP contribution in [0.3, 0.4) is 0 Å². The average Bonchev–Trinajstić information content (AvgIpc) is 2.23. The topological polar surface area (TPSA) is 26.3 Å². The quantitative estimate of drug-likeness (QED) is 0.347. The summed E-state index contributed by atoms with van der Waals surface area (Å²) in [6, 6.07) is 0. The molecule has 0 radical (unpaired) electrons. The molecule has 0 unspecified atom stereocenters. The van der Waals surface area contributed by atoms with Crippen LogP contribution >= 0.6 is 0 Å². The molecule has 15 heavy (non-hydrogen) atoms. The van der Waals surface area contributed by atoms with E-state index in [1.54, 1.807) is 0 Å². The van der Waals surface area contributed by atoms with Crippen LogP contribution in [0.1, 0.15) is 46.0 Å². The molecule has 0 atom stereocenters. The van der Waals surface area contributed by atoms with Gasteiger partial charge in [-0.3, -0.25) is 4.79 Å². The van der Waals surface area contributed by atoms with Crippen molar-refractivity contribution in [2.45, 2.75) is 46.0 Å². The fourth-order valence-corrected chi connectivity index (χ4v) is 1.12. The summed E-state index contributed by atoms with van der Waals surface area (Å²) in [6.07, 6.45) is 12.4. The lowest BCUT2D eigenvalue weighted by Crippen LogP contribution is -2.04. The van der Waals surface area contributed by atoms with Gasteiger partial charge in [-0.2, -0.15) is 0 Å². The highest BCUT2D eigenvalue weighted by molar-refractivity contribution is 5.69. The Hall–Kier alpha value is -1.05. The molecule has 2 heteroatoms. The third kappa shape index (κ3) is 10.9. The maximum atomic E-state index is 11.1. The Labute approximate surface area is 93.0 Å². The summed E-state index contributed by atoms with van der Waals surface area (Å²) in [5.41, 5.74) is 0. The zero-order valence-electron chi connectivity index (χ0n) is 9.87. The third-order valence-corrected chi connectivity index (χ3v) is 1.97. The molecule has 0 bridgehead atoms. The third-order valence-electron chi connectivity index (χ3n) is 1.97. The number of unbranched alkanes of at least 4 members (excludes halogenated alkanes) is 2. The van der Waals surface area contributed by atoms with Crippen LogP contribution in [-0.2, 0) is 9.53 Å². The Bertz CT molecular complexity index is 205. The molecule has 0 N–H and O–H groups in total. The minimum atomic E-state index is -0.0668. The lowest BCUT2D eigenvalue weighted by Gasteiger charge is -2.01. The number of hydrogen-bond donors (Lipinski definition) is 0. The Morgan fingerprint density at radius 3 is 2.73 bits per heavy atom. The smallest absolute Gasteiger partial charge is 0.305 e. The van der Waals surface area contributed by atoms with Crippen LogP contribution in [0.5, 0.6) is 0 Å². The van der Waals surface area contributed by atoms with Gasteiger partial charge in [-0.25, -0.2) is 0 Å². The number of allylic oxidation sites excluding steroid dienone is 3. The van der Waals surface area contributed by atoms with E-state index in [0.717, 1.165) is 25.7 Å². The van der Waals surface area contributed by atoms with Crippen LogP contribution in [0, 0.1) is 0 Å². The number of hydrogen-bond acceptors (Lipinski definition) is 2. The number of esters is 1. The van der Waals surface area contributed by atoms with Gasteiger partial charge in [0.2, 0.25) is 0 Å². The predicted octanol–water partition coefficient (Wildman–Crippen LogP) is 3.63. The van der Waals surface area contributed by atoms with Crippen molar-refractivity contribution in [1.29, 1.82) is 0 Å². The second kappa shape index (κ2) is 11.0. The highest BCUT2D eigenvalue weighted by atomic mass is 16.5. The molecule has 0 aromatic rings. The molecule has 0 heterocycles. The van der Waals surface area contributed by atoms with E-state index in [1.807, 2.05) is 31.2 Å². The van der Waals surface area contributed by atoms with Crippen molar-refractivity contribution in [3.8, 4) is 0 Å². The fraction of sp³-hybridized carbons (Fsp3) is 0.615. The maximum absolute atomic E-state index is 11.1. The standard InChI is InChI=1S/C13H22O2/c1-3-5-7-8-10-12-15-13(14)11-9-6-4-2/h3,5,7-8H,4,6,9-12H2,1-2H3/b5-3+,8-7-. The van der Waals surface area contributed by atoms with Gasteiger partial charge in [-0.15, -0.1) is 0 Å². The SMILES string of the molecule is C/C=C/C=C\CCOC(=O)CCCCC. The molecule has 0 saturated heterocycles. The first-order chi connectivity index (χ1) is 7.31. The van der Waals surface area contributed by atoms with Crippen LogP contribution in [0.2, 0.25) is 0 Å². The van der Waals surface area contributed by atoms with Gasteiger partial charge in [0, 0.05) is 6.42 Å². The van der Waals surface area contributed by atoms with Gasteiger partial charge in [0.25, 0.3) is 0 Å². The Kier molecular flexibility index (Phi) is 10.3. The molecule has 0 amide bonds. The molecule has 0 aliphatic rings. The first-order valence-electron chi connectivity index (χ1n) is 5.74. The Morgan fingerprint density at radius 1 is 1.27 bits per heavy atom. The number of rotatable bonds is 8. The molecule has 0 saturated carbocycles. The number of carbonyl (C=O) groups excluding carboxylic acids is 1. The maximum Gasteiger partial charge on any atom is 0.305 e. The minimum Gasteiger partial charge on any atom is -0.465 e. The van der Waals surface area contributed by atoms with Crippen LogP contribution in [0.15, 0.2) is 24.3 Å². The van der Waals surface area contributed by atoms with Crippen molar-refractivity contribution in [2.24, 2.45) is 0 Å². The summed E-state index contributed by atoms with van der Waals surface area (Å²) in [6.45, 7) is 4.59. The Balaban J connectivity index is 3.31. The molecule has 2 nitrogen and oxygen atoms in total. The lowest BCUT2D eigenvalue weighted by atomic mass is 10.2. The molecule has 86 valence electrons. The molecule has 0 aromatic heterocycles. The van der Waals surface area contributed by atoms with Crippen molar-refractivity contribution in [1.82, 2.24) is 0 Å². The van der Waals surface area contributed by atoms with Crippen molar-refractivity contribution in [3.63, 3.8) is 0 Å². The van der Waals surface area contributed by atoms with Crippen molar-refractivity contribution < 1.29 is 9.53 Å². The van der Waals surface area contributed by atoms with Crippen molar-refractivity contribution in [3.05, 3.63) is 24.3 Å². The van der Waals surface area contributed by atoms with E-state index in [4.69, 9.17) is 4.74 Å². The summed E-state index contributed by atoms with van der Waals surface area (Å²) in [5.74, 6) is -0.0668. The van der Waals surface area contributed by atoms with E-state index in [9.17, 15) is 4.79 Å². The van der Waals surface area contributed by atoms with Gasteiger partial charge >= 0.3 is 5.97 Å². The zero-order valence-corrected chi connectivity index (χ0v) is 9.87. The van der Waals surface area contributed by atoms with Crippen molar-refractivity contribution >= 4 is 5.97 Å². The molecule has 0 fully saturated rings. The van der Waals surface area contributed by atoms with E-state index in [-0.39, 0.29) is 5.97 Å². The molecule has 0 aromatic carbocycles. The van der Waals surface area contributed by atoms with Gasteiger partial charge in [-0.1, -0.05) is 44.1 Å². The van der Waals surface area contributed by atoms with E-state index >= 15 is 0 Å². The van der Waals surface area contributed by atoms with E-state index < -0.39 is 0 Å². The molecular weight excluding hydrogens is 188 g/mol. The summed E-state index contributed by atoms with van der Waals surface area (Å²) < 4.78 is 5.05. The fourth-order valence-electron chi connectivity index (χ4n) is 1.12. The van der Waals surface area contributed by atoms with Crippen LogP contribution in [-0.4, -0.2) is 12.6 Å². The minimum absolute atomic E-state index is 0.0668.